The largest absolute Gasteiger partial charge is 0.446 e. The maximum absolute atomic E-state index is 12.7. The summed E-state index contributed by atoms with van der Waals surface area (Å²) < 4.78 is 22.4. The van der Waals surface area contributed by atoms with Crippen molar-refractivity contribution in [1.82, 2.24) is 20.4 Å². The number of nitrogens with one attached hydrogen (secondary N) is 2. The van der Waals surface area contributed by atoms with Gasteiger partial charge in [-0.05, 0) is 32.1 Å². The minimum Gasteiger partial charge on any atom is -0.446 e. The molecule has 5 fully saturated rings. The molecule has 0 aromatic rings. The normalized spacial score (nSPS) is 44.7. The summed E-state index contributed by atoms with van der Waals surface area (Å²) in [5.41, 5.74) is 0. The summed E-state index contributed by atoms with van der Waals surface area (Å²) in [4.78, 5) is 17.9. The van der Waals surface area contributed by atoms with Gasteiger partial charge < -0.3 is 18.9 Å². The van der Waals surface area contributed by atoms with Crippen molar-refractivity contribution in [2.24, 2.45) is 11.8 Å². The Bertz CT molecular complexity index is 668. The molecule has 5 aliphatic rings. The van der Waals surface area contributed by atoms with Crippen molar-refractivity contribution in [3.05, 3.63) is 0 Å². The fourth-order valence-electron chi connectivity index (χ4n) is 7.01. The summed E-state index contributed by atoms with van der Waals surface area (Å²) >= 11 is 0. The van der Waals surface area contributed by atoms with E-state index >= 15 is 0 Å². The van der Waals surface area contributed by atoms with Crippen LogP contribution in [0.1, 0.15) is 32.1 Å². The Labute approximate surface area is 191 Å². The van der Waals surface area contributed by atoms with Gasteiger partial charge in [0.2, 0.25) is 0 Å². The highest BCUT2D eigenvalue weighted by molar-refractivity contribution is 5.76. The maximum atomic E-state index is 12.7. The molecule has 3 aliphatic heterocycles. The van der Waals surface area contributed by atoms with Crippen LogP contribution in [-0.2, 0) is 23.7 Å². The number of esters is 1. The van der Waals surface area contributed by atoms with Crippen LogP contribution in [0.5, 0.6) is 0 Å². The fraction of sp³-hybridized carbons (Fsp3) is 0.957. The Morgan fingerprint density at radius 3 is 2.78 bits per heavy atom. The number of hydrogen-bond acceptors (Lipinski definition) is 9. The van der Waals surface area contributed by atoms with Gasteiger partial charge in [0.05, 0.1) is 30.9 Å². The highest BCUT2D eigenvalue weighted by atomic mass is 16.6. The number of carbonyl (C=O) groups is 1. The third-order valence-electron chi connectivity index (χ3n) is 8.61. The number of ether oxygens (including phenoxy) is 4. The predicted molar refractivity (Wildman–Crippen MR) is 118 cm³/mol. The molecule has 0 aromatic heterocycles. The standard InChI is InChI=1S/C23H40N4O5/c1-29-11-10-26-8-9-27-17-6-4-14(12-16(17)25-19(27)13-26)24-22-15-5-7-18(30-2)21(31-3)20(15)23(28)32-22/h14-22,24-25H,4-13H2,1-3H3/t14?,15?,16?,17?,18?,19?,20?,21?,22-/m1/s1. The van der Waals surface area contributed by atoms with Crippen LogP contribution in [0.2, 0.25) is 0 Å². The highest BCUT2D eigenvalue weighted by Crippen LogP contribution is 2.42. The second kappa shape index (κ2) is 9.82. The van der Waals surface area contributed by atoms with Crippen molar-refractivity contribution in [2.75, 3.05) is 54.1 Å². The van der Waals surface area contributed by atoms with E-state index in [0.29, 0.717) is 24.3 Å². The molecule has 0 radical (unpaired) electrons. The first-order valence-electron chi connectivity index (χ1n) is 12.4. The van der Waals surface area contributed by atoms with E-state index < -0.39 is 0 Å². The average Bonchev–Trinajstić information content (AvgIpc) is 3.33. The summed E-state index contributed by atoms with van der Waals surface area (Å²) in [5, 5.41) is 7.64. The monoisotopic (exact) mass is 452 g/mol. The van der Waals surface area contributed by atoms with Crippen LogP contribution in [0.4, 0.5) is 0 Å². The number of piperazine rings is 1. The van der Waals surface area contributed by atoms with Crippen molar-refractivity contribution < 1.29 is 23.7 Å². The van der Waals surface area contributed by atoms with Gasteiger partial charge in [0.1, 0.15) is 0 Å². The zero-order chi connectivity index (χ0) is 22.2. The van der Waals surface area contributed by atoms with E-state index in [0.717, 1.165) is 58.5 Å². The highest BCUT2D eigenvalue weighted by Gasteiger charge is 2.54. The van der Waals surface area contributed by atoms with Gasteiger partial charge in [-0.15, -0.1) is 0 Å². The number of rotatable bonds is 7. The summed E-state index contributed by atoms with van der Waals surface area (Å²) in [5.74, 6) is -0.208. The number of methoxy groups -OCH3 is 3. The molecule has 2 aliphatic carbocycles. The molecule has 0 spiro atoms. The predicted octanol–water partition coefficient (Wildman–Crippen LogP) is -0.00190. The van der Waals surface area contributed by atoms with Crippen molar-refractivity contribution in [3.63, 3.8) is 0 Å². The molecular weight excluding hydrogens is 412 g/mol. The lowest BCUT2D eigenvalue weighted by Crippen LogP contribution is -2.55. The number of cyclic esters (lactones) is 1. The first kappa shape index (κ1) is 23.0. The van der Waals surface area contributed by atoms with E-state index in [9.17, 15) is 4.79 Å². The van der Waals surface area contributed by atoms with E-state index in [2.05, 4.69) is 20.4 Å². The van der Waals surface area contributed by atoms with Crippen molar-refractivity contribution in [3.8, 4) is 0 Å². The second-order valence-corrected chi connectivity index (χ2v) is 10.2. The van der Waals surface area contributed by atoms with E-state index in [4.69, 9.17) is 18.9 Å². The molecule has 3 saturated heterocycles. The van der Waals surface area contributed by atoms with Gasteiger partial charge in [-0.1, -0.05) is 0 Å². The smallest absolute Gasteiger partial charge is 0.313 e. The van der Waals surface area contributed by atoms with E-state index in [1.807, 2.05) is 0 Å². The third kappa shape index (κ3) is 4.21. The molecule has 32 heavy (non-hydrogen) atoms. The molecule has 3 heterocycles. The molecule has 0 bridgehead atoms. The van der Waals surface area contributed by atoms with Crippen LogP contribution in [-0.4, -0.2) is 113 Å². The number of hydrogen-bond donors (Lipinski definition) is 2. The molecule has 0 aromatic carbocycles. The topological polar surface area (TPSA) is 84.5 Å². The second-order valence-electron chi connectivity index (χ2n) is 10.2. The van der Waals surface area contributed by atoms with Crippen LogP contribution in [0.15, 0.2) is 0 Å². The van der Waals surface area contributed by atoms with Crippen molar-refractivity contribution in [2.45, 2.75) is 74.8 Å². The SMILES string of the molecule is COCCN1CCN2C(C1)NC1CC(N[C@@H]3OC(=O)C4C(OC)C(OC)CCC43)CCC12. The number of nitrogens with zero attached hydrogens (tertiary/aromatic N) is 2. The van der Waals surface area contributed by atoms with Crippen LogP contribution in [0.3, 0.4) is 0 Å². The van der Waals surface area contributed by atoms with Crippen LogP contribution < -0.4 is 10.6 Å². The Kier molecular flexibility index (Phi) is 7.04. The van der Waals surface area contributed by atoms with Gasteiger partial charge in [0.25, 0.3) is 0 Å². The third-order valence-corrected chi connectivity index (χ3v) is 8.61. The van der Waals surface area contributed by atoms with Gasteiger partial charge in [-0.25, -0.2) is 0 Å². The van der Waals surface area contributed by atoms with Gasteiger partial charge in [0, 0.05) is 71.6 Å². The summed E-state index contributed by atoms with van der Waals surface area (Å²) in [6.45, 7) is 5.12. The summed E-state index contributed by atoms with van der Waals surface area (Å²) in [6, 6.07) is 1.49. The summed E-state index contributed by atoms with van der Waals surface area (Å²) in [6.07, 6.45) is 5.19. The molecule has 2 saturated carbocycles. The molecular formula is C23H40N4O5. The summed E-state index contributed by atoms with van der Waals surface area (Å²) in [7, 11) is 5.14. The van der Waals surface area contributed by atoms with Crippen LogP contribution >= 0.6 is 0 Å². The van der Waals surface area contributed by atoms with Crippen LogP contribution in [0.25, 0.3) is 0 Å². The quantitative estimate of drug-likeness (QED) is 0.519. The van der Waals surface area contributed by atoms with Crippen LogP contribution in [0, 0.1) is 11.8 Å². The van der Waals surface area contributed by atoms with E-state index in [1.54, 1.807) is 21.3 Å². The lowest BCUT2D eigenvalue weighted by molar-refractivity contribution is -0.153. The first-order valence-corrected chi connectivity index (χ1v) is 12.4. The van der Waals surface area contributed by atoms with E-state index in [1.165, 1.54) is 6.42 Å². The molecule has 9 atom stereocenters. The minimum atomic E-state index is -0.232. The molecule has 9 nitrogen and oxygen atoms in total. The number of fused-ring (bicyclic) bond motifs is 4. The van der Waals surface area contributed by atoms with E-state index in [-0.39, 0.29) is 36.2 Å². The van der Waals surface area contributed by atoms with Gasteiger partial charge in [-0.3, -0.25) is 25.2 Å². The fourth-order valence-corrected chi connectivity index (χ4v) is 7.01. The van der Waals surface area contributed by atoms with Gasteiger partial charge >= 0.3 is 5.97 Å². The average molecular weight is 453 g/mol. The zero-order valence-corrected chi connectivity index (χ0v) is 19.7. The molecule has 182 valence electrons. The number of carbonyl (C=O) groups excluding carboxylic acids is 1. The molecule has 5 rings (SSSR count). The van der Waals surface area contributed by atoms with Crippen molar-refractivity contribution in [1.29, 1.82) is 0 Å². The molecule has 9 heteroatoms. The molecule has 8 unspecified atom stereocenters. The Hall–Kier alpha value is -0.810. The van der Waals surface area contributed by atoms with Gasteiger partial charge in [0.15, 0.2) is 6.23 Å². The minimum absolute atomic E-state index is 0.0356. The lowest BCUT2D eigenvalue weighted by atomic mass is 9.76. The molecule has 2 N–H and O–H groups in total. The molecule has 0 amide bonds. The lowest BCUT2D eigenvalue weighted by Gasteiger charge is -2.41. The Morgan fingerprint density at radius 1 is 1.12 bits per heavy atom. The Balaban J connectivity index is 1.17. The maximum Gasteiger partial charge on any atom is 0.313 e. The zero-order valence-electron chi connectivity index (χ0n) is 19.7. The van der Waals surface area contributed by atoms with Gasteiger partial charge in [-0.2, -0.15) is 0 Å². The first-order chi connectivity index (χ1) is 15.6. The Morgan fingerprint density at radius 2 is 2.00 bits per heavy atom. The van der Waals surface area contributed by atoms with Crippen molar-refractivity contribution >= 4 is 5.97 Å².